The molecule has 1 atom stereocenters. The van der Waals surface area contributed by atoms with E-state index in [1.165, 1.54) is 0 Å². The van der Waals surface area contributed by atoms with E-state index in [9.17, 15) is 4.79 Å². The first-order valence-electron chi connectivity index (χ1n) is 10.1. The van der Waals surface area contributed by atoms with Gasteiger partial charge in [-0.05, 0) is 24.5 Å². The molecule has 0 bridgehead atoms. The van der Waals surface area contributed by atoms with Crippen LogP contribution in [0.25, 0.3) is 10.9 Å². The lowest BCUT2D eigenvalue weighted by Crippen LogP contribution is -2.31. The summed E-state index contributed by atoms with van der Waals surface area (Å²) in [5.74, 6) is 2.03. The Hall–Kier alpha value is -2.93. The molecule has 1 aliphatic rings. The van der Waals surface area contributed by atoms with Crippen LogP contribution in [0.4, 0.5) is 5.82 Å². The molecular formula is C22H27N5O2. The predicted octanol–water partition coefficient (Wildman–Crippen LogP) is 3.31. The molecule has 0 spiro atoms. The van der Waals surface area contributed by atoms with Gasteiger partial charge in [-0.15, -0.1) is 0 Å². The Balaban J connectivity index is 1.66. The summed E-state index contributed by atoms with van der Waals surface area (Å²) in [4.78, 5) is 25.3. The van der Waals surface area contributed by atoms with Gasteiger partial charge in [-0.2, -0.15) is 0 Å². The zero-order valence-electron chi connectivity index (χ0n) is 16.9. The minimum absolute atomic E-state index is 0.0470. The summed E-state index contributed by atoms with van der Waals surface area (Å²) in [6, 6.07) is 9.88. The number of methoxy groups -OCH3 is 1. The standard InChI is InChI=1S/C22H27N5O2/c1-23-20-12-19(26-22(27-20)14-7-8-14)18(25-21(28)9-10-29-2)11-15-13-24-17-6-4-3-5-16(15)17/h3-6,12-14,18,24H,7-11H2,1-2H3,(H,25,28)(H,23,26,27). The van der Waals surface area contributed by atoms with Crippen molar-refractivity contribution in [3.05, 3.63) is 53.6 Å². The number of aromatic amines is 1. The highest BCUT2D eigenvalue weighted by molar-refractivity contribution is 5.83. The molecule has 7 nitrogen and oxygen atoms in total. The Morgan fingerprint density at radius 1 is 1.31 bits per heavy atom. The third kappa shape index (κ3) is 4.56. The van der Waals surface area contributed by atoms with Gasteiger partial charge in [0.25, 0.3) is 0 Å². The number of ether oxygens (including phenoxy) is 1. The van der Waals surface area contributed by atoms with Crippen molar-refractivity contribution >= 4 is 22.6 Å². The van der Waals surface area contributed by atoms with Crippen molar-refractivity contribution in [3.63, 3.8) is 0 Å². The minimum Gasteiger partial charge on any atom is -0.384 e. The average Bonchev–Trinajstić information content (AvgIpc) is 3.53. The molecule has 1 fully saturated rings. The number of carbonyl (C=O) groups is 1. The molecule has 3 aromatic rings. The Kier molecular flexibility index (Phi) is 5.76. The van der Waals surface area contributed by atoms with Crippen LogP contribution in [0.15, 0.2) is 36.5 Å². The first-order valence-corrected chi connectivity index (χ1v) is 10.1. The topological polar surface area (TPSA) is 91.9 Å². The first kappa shape index (κ1) is 19.4. The number of hydrogen-bond acceptors (Lipinski definition) is 5. The maximum Gasteiger partial charge on any atom is 0.222 e. The molecule has 2 heterocycles. The van der Waals surface area contributed by atoms with E-state index in [2.05, 4.69) is 32.7 Å². The third-order valence-electron chi connectivity index (χ3n) is 5.29. The van der Waals surface area contributed by atoms with Gasteiger partial charge in [0, 0.05) is 56.1 Å². The van der Waals surface area contributed by atoms with Crippen molar-refractivity contribution < 1.29 is 9.53 Å². The monoisotopic (exact) mass is 393 g/mol. The second kappa shape index (κ2) is 8.61. The second-order valence-corrected chi connectivity index (χ2v) is 7.49. The maximum atomic E-state index is 12.5. The number of H-pyrrole nitrogens is 1. The molecule has 1 saturated carbocycles. The van der Waals surface area contributed by atoms with Gasteiger partial charge in [0.05, 0.1) is 18.3 Å². The zero-order chi connectivity index (χ0) is 20.2. The summed E-state index contributed by atoms with van der Waals surface area (Å²) < 4.78 is 5.06. The van der Waals surface area contributed by atoms with Crippen LogP contribution in [0.1, 0.15) is 48.3 Å². The third-order valence-corrected chi connectivity index (χ3v) is 5.29. The van der Waals surface area contributed by atoms with E-state index in [4.69, 9.17) is 9.72 Å². The lowest BCUT2D eigenvalue weighted by molar-refractivity contribution is -0.122. The van der Waals surface area contributed by atoms with E-state index in [1.54, 1.807) is 7.11 Å². The summed E-state index contributed by atoms with van der Waals surface area (Å²) in [5, 5.41) is 7.45. The van der Waals surface area contributed by atoms with Gasteiger partial charge in [0.1, 0.15) is 11.6 Å². The molecule has 1 aromatic carbocycles. The molecule has 29 heavy (non-hydrogen) atoms. The van der Waals surface area contributed by atoms with Crippen molar-refractivity contribution in [1.29, 1.82) is 0 Å². The molecule has 0 saturated heterocycles. The van der Waals surface area contributed by atoms with E-state index < -0.39 is 0 Å². The van der Waals surface area contributed by atoms with Crippen LogP contribution in [0.5, 0.6) is 0 Å². The first-order chi connectivity index (χ1) is 14.2. The van der Waals surface area contributed by atoms with E-state index in [1.807, 2.05) is 31.4 Å². The van der Waals surface area contributed by atoms with E-state index in [-0.39, 0.29) is 11.9 Å². The number of carbonyl (C=O) groups excluding carboxylic acids is 1. The highest BCUT2D eigenvalue weighted by Crippen LogP contribution is 2.39. The number of fused-ring (bicyclic) bond motifs is 1. The molecule has 152 valence electrons. The number of anilines is 1. The lowest BCUT2D eigenvalue weighted by atomic mass is 10.0. The number of para-hydroxylation sites is 1. The molecule has 1 unspecified atom stereocenters. The van der Waals surface area contributed by atoms with Gasteiger partial charge in [0.15, 0.2) is 0 Å². The van der Waals surface area contributed by atoms with Gasteiger partial charge >= 0.3 is 0 Å². The maximum absolute atomic E-state index is 12.5. The number of rotatable bonds is 9. The van der Waals surface area contributed by atoms with E-state index in [0.29, 0.717) is 25.4 Å². The normalized spacial score (nSPS) is 14.7. The van der Waals surface area contributed by atoms with Gasteiger partial charge in [-0.1, -0.05) is 18.2 Å². The minimum atomic E-state index is -0.244. The van der Waals surface area contributed by atoms with Gasteiger partial charge in [-0.3, -0.25) is 4.79 Å². The van der Waals surface area contributed by atoms with Crippen molar-refractivity contribution in [2.75, 3.05) is 26.1 Å². The molecule has 0 radical (unpaired) electrons. The molecule has 7 heteroatoms. The fourth-order valence-corrected chi connectivity index (χ4v) is 3.53. The van der Waals surface area contributed by atoms with Crippen molar-refractivity contribution in [1.82, 2.24) is 20.3 Å². The van der Waals surface area contributed by atoms with Crippen LogP contribution in [0.2, 0.25) is 0 Å². The number of nitrogens with zero attached hydrogens (tertiary/aromatic N) is 2. The van der Waals surface area contributed by atoms with Crippen LogP contribution < -0.4 is 10.6 Å². The predicted molar refractivity (Wildman–Crippen MR) is 113 cm³/mol. The quantitative estimate of drug-likeness (QED) is 0.519. The van der Waals surface area contributed by atoms with E-state index in [0.717, 1.165) is 46.6 Å². The van der Waals surface area contributed by atoms with Crippen molar-refractivity contribution in [2.45, 2.75) is 37.6 Å². The highest BCUT2D eigenvalue weighted by atomic mass is 16.5. The van der Waals surface area contributed by atoms with Gasteiger partial charge in [0.2, 0.25) is 5.91 Å². The fourth-order valence-electron chi connectivity index (χ4n) is 3.53. The van der Waals surface area contributed by atoms with Crippen LogP contribution in [0, 0.1) is 0 Å². The molecule has 1 amide bonds. The van der Waals surface area contributed by atoms with Crippen LogP contribution in [0.3, 0.4) is 0 Å². The second-order valence-electron chi connectivity index (χ2n) is 7.49. The van der Waals surface area contributed by atoms with Crippen LogP contribution in [-0.4, -0.2) is 41.6 Å². The van der Waals surface area contributed by atoms with Crippen LogP contribution >= 0.6 is 0 Å². The van der Waals surface area contributed by atoms with Crippen molar-refractivity contribution in [3.8, 4) is 0 Å². The van der Waals surface area contributed by atoms with Crippen molar-refractivity contribution in [2.24, 2.45) is 0 Å². The van der Waals surface area contributed by atoms with E-state index >= 15 is 0 Å². The summed E-state index contributed by atoms with van der Waals surface area (Å²) in [5.41, 5.74) is 3.07. The number of benzene rings is 1. The SMILES string of the molecule is CNc1cc(C(Cc2c[nH]c3ccccc23)NC(=O)CCOC)nc(C2CC2)n1. The number of amides is 1. The number of hydrogen-bond donors (Lipinski definition) is 3. The Morgan fingerprint density at radius 3 is 2.90 bits per heavy atom. The highest BCUT2D eigenvalue weighted by Gasteiger charge is 2.29. The Labute approximate surface area is 170 Å². The summed E-state index contributed by atoms with van der Waals surface area (Å²) in [6.07, 6.45) is 5.23. The zero-order valence-corrected chi connectivity index (χ0v) is 16.9. The lowest BCUT2D eigenvalue weighted by Gasteiger charge is -2.20. The number of aromatic nitrogens is 3. The molecule has 4 rings (SSSR count). The largest absolute Gasteiger partial charge is 0.384 e. The molecule has 2 aromatic heterocycles. The molecule has 0 aliphatic heterocycles. The Bertz CT molecular complexity index is 996. The summed E-state index contributed by atoms with van der Waals surface area (Å²) >= 11 is 0. The Morgan fingerprint density at radius 2 is 2.14 bits per heavy atom. The summed E-state index contributed by atoms with van der Waals surface area (Å²) in [7, 11) is 3.46. The fraction of sp³-hybridized carbons (Fsp3) is 0.409. The number of nitrogens with one attached hydrogen (secondary N) is 3. The molecular weight excluding hydrogens is 366 g/mol. The van der Waals surface area contributed by atoms with Crippen LogP contribution in [-0.2, 0) is 16.0 Å². The van der Waals surface area contributed by atoms with Gasteiger partial charge < -0.3 is 20.4 Å². The average molecular weight is 393 g/mol. The molecule has 1 aliphatic carbocycles. The van der Waals surface area contributed by atoms with Gasteiger partial charge in [-0.25, -0.2) is 9.97 Å². The smallest absolute Gasteiger partial charge is 0.222 e. The molecule has 3 N–H and O–H groups in total. The summed E-state index contributed by atoms with van der Waals surface area (Å²) in [6.45, 7) is 0.393.